The van der Waals surface area contributed by atoms with Crippen LogP contribution in [-0.2, 0) is 0 Å². The molecule has 0 aliphatic rings. The first-order chi connectivity index (χ1) is 6.04. The summed E-state index contributed by atoms with van der Waals surface area (Å²) in [5, 5.41) is 16.0. The quantitative estimate of drug-likeness (QED) is 0.469. The second-order valence-electron chi connectivity index (χ2n) is 2.19. The lowest BCUT2D eigenvalue weighted by atomic mass is 10.2. The standard InChI is InChI=1S/C7H9NO.CH3NO2/c8-7(9)6-4-2-1-3-5-6;2-1(3)4/h1-5,7,9H,8H2;2H2,(H,3,4). The van der Waals surface area contributed by atoms with E-state index in [-0.39, 0.29) is 0 Å². The van der Waals surface area contributed by atoms with Crippen LogP contribution in [0.2, 0.25) is 0 Å². The van der Waals surface area contributed by atoms with Crippen LogP contribution in [0, 0.1) is 0 Å². The van der Waals surface area contributed by atoms with E-state index in [2.05, 4.69) is 5.73 Å². The molecule has 5 heteroatoms. The number of primary amides is 1. The minimum Gasteiger partial charge on any atom is -0.465 e. The summed E-state index contributed by atoms with van der Waals surface area (Å²) in [6.45, 7) is 0. The van der Waals surface area contributed by atoms with Crippen LogP contribution in [0.5, 0.6) is 0 Å². The number of rotatable bonds is 1. The van der Waals surface area contributed by atoms with Crippen molar-refractivity contribution < 1.29 is 15.0 Å². The van der Waals surface area contributed by atoms with Crippen molar-refractivity contribution in [2.24, 2.45) is 11.5 Å². The molecule has 0 heterocycles. The van der Waals surface area contributed by atoms with Gasteiger partial charge in [-0.15, -0.1) is 0 Å². The van der Waals surface area contributed by atoms with E-state index in [9.17, 15) is 0 Å². The maximum atomic E-state index is 8.80. The summed E-state index contributed by atoms with van der Waals surface area (Å²) in [6, 6.07) is 9.12. The van der Waals surface area contributed by atoms with E-state index in [1.807, 2.05) is 18.2 Å². The number of benzene rings is 1. The van der Waals surface area contributed by atoms with Crippen molar-refractivity contribution in [3.8, 4) is 0 Å². The molecule has 0 aromatic heterocycles. The molecule has 5 nitrogen and oxygen atoms in total. The van der Waals surface area contributed by atoms with Crippen LogP contribution < -0.4 is 11.5 Å². The number of aliphatic hydroxyl groups excluding tert-OH is 1. The molecule has 0 aliphatic heterocycles. The third kappa shape index (κ3) is 6.79. The Kier molecular flexibility index (Phi) is 5.25. The molecule has 1 atom stereocenters. The summed E-state index contributed by atoms with van der Waals surface area (Å²) >= 11 is 0. The van der Waals surface area contributed by atoms with Crippen molar-refractivity contribution in [2.75, 3.05) is 0 Å². The van der Waals surface area contributed by atoms with Crippen molar-refractivity contribution >= 4 is 6.09 Å². The van der Waals surface area contributed by atoms with Gasteiger partial charge in [-0.2, -0.15) is 0 Å². The molecule has 0 radical (unpaired) electrons. The molecule has 1 amide bonds. The lowest BCUT2D eigenvalue weighted by Crippen LogP contribution is -2.07. The van der Waals surface area contributed by atoms with Gasteiger partial charge in [0.15, 0.2) is 0 Å². The van der Waals surface area contributed by atoms with Gasteiger partial charge < -0.3 is 21.7 Å². The predicted molar refractivity (Wildman–Crippen MR) is 47.8 cm³/mol. The third-order valence-corrected chi connectivity index (χ3v) is 1.14. The lowest BCUT2D eigenvalue weighted by molar-refractivity contribution is 0.186. The minimum atomic E-state index is -1.33. The van der Waals surface area contributed by atoms with Crippen molar-refractivity contribution in [1.29, 1.82) is 0 Å². The summed E-state index contributed by atoms with van der Waals surface area (Å²) in [7, 11) is 0. The first-order valence-electron chi connectivity index (χ1n) is 3.51. The molecular formula is C8H12N2O3. The Labute approximate surface area is 75.6 Å². The van der Waals surface area contributed by atoms with E-state index in [4.69, 9.17) is 20.7 Å². The van der Waals surface area contributed by atoms with E-state index in [1.165, 1.54) is 0 Å². The number of aliphatic hydroxyl groups is 1. The molecule has 0 spiro atoms. The Balaban J connectivity index is 0.000000310. The van der Waals surface area contributed by atoms with Gasteiger partial charge in [-0.05, 0) is 5.56 Å². The van der Waals surface area contributed by atoms with Gasteiger partial charge in [-0.3, -0.25) is 0 Å². The molecule has 0 aliphatic carbocycles. The van der Waals surface area contributed by atoms with E-state index >= 15 is 0 Å². The molecule has 72 valence electrons. The average Bonchev–Trinajstić information content (AvgIpc) is 2.05. The van der Waals surface area contributed by atoms with Crippen LogP contribution >= 0.6 is 0 Å². The van der Waals surface area contributed by atoms with Gasteiger partial charge in [0.1, 0.15) is 6.23 Å². The van der Waals surface area contributed by atoms with Crippen LogP contribution in [0.1, 0.15) is 11.8 Å². The number of hydrogen-bond donors (Lipinski definition) is 4. The van der Waals surface area contributed by atoms with Gasteiger partial charge >= 0.3 is 6.09 Å². The van der Waals surface area contributed by atoms with E-state index in [1.54, 1.807) is 12.1 Å². The van der Waals surface area contributed by atoms with Crippen molar-refractivity contribution in [2.45, 2.75) is 6.23 Å². The zero-order valence-corrected chi connectivity index (χ0v) is 6.92. The molecule has 0 fully saturated rings. The molecule has 0 saturated heterocycles. The van der Waals surface area contributed by atoms with Gasteiger partial charge in [-0.25, -0.2) is 4.79 Å². The predicted octanol–water partition coefficient (Wildman–Crippen LogP) is 0.259. The largest absolute Gasteiger partial charge is 0.465 e. The summed E-state index contributed by atoms with van der Waals surface area (Å²) in [6.07, 6.45) is -2.17. The fourth-order valence-corrected chi connectivity index (χ4v) is 0.650. The fourth-order valence-electron chi connectivity index (χ4n) is 0.650. The summed E-state index contributed by atoms with van der Waals surface area (Å²) < 4.78 is 0. The highest BCUT2D eigenvalue weighted by molar-refractivity contribution is 5.61. The monoisotopic (exact) mass is 184 g/mol. The van der Waals surface area contributed by atoms with Gasteiger partial charge in [0.2, 0.25) is 0 Å². The maximum Gasteiger partial charge on any atom is 0.402 e. The Morgan fingerprint density at radius 3 is 1.92 bits per heavy atom. The Morgan fingerprint density at radius 2 is 1.69 bits per heavy atom. The molecule has 1 aromatic rings. The molecule has 0 bridgehead atoms. The zero-order valence-electron chi connectivity index (χ0n) is 6.92. The smallest absolute Gasteiger partial charge is 0.402 e. The van der Waals surface area contributed by atoms with Gasteiger partial charge in [-0.1, -0.05) is 30.3 Å². The Morgan fingerprint density at radius 1 is 1.31 bits per heavy atom. The lowest BCUT2D eigenvalue weighted by Gasteiger charge is -2.01. The highest BCUT2D eigenvalue weighted by Gasteiger charge is 1.95. The highest BCUT2D eigenvalue weighted by atomic mass is 16.4. The Bertz CT molecular complexity index is 245. The van der Waals surface area contributed by atoms with Crippen molar-refractivity contribution in [3.63, 3.8) is 0 Å². The van der Waals surface area contributed by atoms with Crippen LogP contribution in [-0.4, -0.2) is 16.3 Å². The number of carbonyl (C=O) groups is 1. The topological polar surface area (TPSA) is 110 Å². The SMILES string of the molecule is NC(=O)O.NC(O)c1ccccc1. The summed E-state index contributed by atoms with van der Waals surface area (Å²) in [4.78, 5) is 8.78. The van der Waals surface area contributed by atoms with Crippen LogP contribution in [0.3, 0.4) is 0 Å². The number of amides is 1. The van der Waals surface area contributed by atoms with Gasteiger partial charge in [0, 0.05) is 0 Å². The van der Waals surface area contributed by atoms with E-state index < -0.39 is 12.3 Å². The van der Waals surface area contributed by atoms with E-state index in [0.717, 1.165) is 5.56 Å². The molecule has 6 N–H and O–H groups in total. The highest BCUT2D eigenvalue weighted by Crippen LogP contribution is 2.04. The number of hydrogen-bond acceptors (Lipinski definition) is 3. The second kappa shape index (κ2) is 5.99. The van der Waals surface area contributed by atoms with Crippen LogP contribution in [0.4, 0.5) is 4.79 Å². The Hall–Kier alpha value is -1.59. The zero-order chi connectivity index (χ0) is 10.3. The molecule has 0 saturated carbocycles. The van der Waals surface area contributed by atoms with Crippen LogP contribution in [0.25, 0.3) is 0 Å². The molecule has 13 heavy (non-hydrogen) atoms. The maximum absolute atomic E-state index is 8.80. The first-order valence-corrected chi connectivity index (χ1v) is 3.51. The average molecular weight is 184 g/mol. The molecule has 1 aromatic carbocycles. The van der Waals surface area contributed by atoms with E-state index in [0.29, 0.717) is 0 Å². The van der Waals surface area contributed by atoms with Crippen molar-refractivity contribution in [1.82, 2.24) is 0 Å². The molecular weight excluding hydrogens is 172 g/mol. The first kappa shape index (κ1) is 11.4. The molecule has 1 rings (SSSR count). The van der Waals surface area contributed by atoms with Crippen molar-refractivity contribution in [3.05, 3.63) is 35.9 Å². The summed E-state index contributed by atoms with van der Waals surface area (Å²) in [5.74, 6) is 0. The third-order valence-electron chi connectivity index (χ3n) is 1.14. The minimum absolute atomic E-state index is 0.748. The summed E-state index contributed by atoms with van der Waals surface area (Å²) in [5.41, 5.74) is 9.94. The number of carboxylic acid groups (broad SMARTS) is 1. The van der Waals surface area contributed by atoms with Gasteiger partial charge in [0.25, 0.3) is 0 Å². The molecule has 1 unspecified atom stereocenters. The number of nitrogens with two attached hydrogens (primary N) is 2. The second-order valence-corrected chi connectivity index (χ2v) is 2.19. The fraction of sp³-hybridized carbons (Fsp3) is 0.125. The normalized spacial score (nSPS) is 10.9. The van der Waals surface area contributed by atoms with Crippen LogP contribution in [0.15, 0.2) is 30.3 Å². The van der Waals surface area contributed by atoms with Gasteiger partial charge in [0.05, 0.1) is 0 Å².